The highest BCUT2D eigenvalue weighted by Gasteiger charge is 2.63. The molecule has 0 bridgehead atoms. The first-order chi connectivity index (χ1) is 33.5. The quantitative estimate of drug-likeness (QED) is 0.163. The molecule has 4 unspecified atom stereocenters. The Balaban J connectivity index is 1.19. The van der Waals surface area contributed by atoms with Gasteiger partial charge in [0.15, 0.2) is 0 Å². The van der Waals surface area contributed by atoms with Crippen LogP contribution < -0.4 is 31.1 Å². The van der Waals surface area contributed by atoms with Crippen LogP contribution in [0.5, 0.6) is 0 Å². The van der Waals surface area contributed by atoms with Crippen molar-refractivity contribution in [2.24, 2.45) is 0 Å². The topological polar surface area (TPSA) is 9.72 Å². The first kappa shape index (κ1) is 44.0. The molecule has 2 saturated carbocycles. The van der Waals surface area contributed by atoms with Crippen LogP contribution in [0.25, 0.3) is 22.3 Å². The Labute approximate surface area is 419 Å². The fraction of sp³-hybridized carbons (Fsp3) is 0.364. The molecule has 6 aliphatic rings. The fourth-order valence-electron chi connectivity index (χ4n) is 15.1. The lowest BCUT2D eigenvalue weighted by molar-refractivity contribution is 0.194. The second-order valence-corrected chi connectivity index (χ2v) is 25.2. The summed E-state index contributed by atoms with van der Waals surface area (Å²) in [7, 11) is 0. The van der Waals surface area contributed by atoms with E-state index in [4.69, 9.17) is 0 Å². The summed E-state index contributed by atoms with van der Waals surface area (Å²) < 4.78 is 0. The van der Waals surface area contributed by atoms with Gasteiger partial charge >= 0.3 is 0 Å². The molecule has 2 fully saturated rings. The molecule has 7 aromatic rings. The third kappa shape index (κ3) is 5.83. The lowest BCUT2D eigenvalue weighted by Gasteiger charge is -2.54. The predicted octanol–water partition coefficient (Wildman–Crippen LogP) is 15.7. The maximum absolute atomic E-state index is 2.95. The van der Waals surface area contributed by atoms with Crippen LogP contribution in [-0.2, 0) is 21.7 Å². The highest BCUT2D eigenvalue weighted by molar-refractivity contribution is 7.00. The van der Waals surface area contributed by atoms with Crippen molar-refractivity contribution in [1.82, 2.24) is 0 Å². The monoisotopic (exact) mass is 916 g/mol. The van der Waals surface area contributed by atoms with Crippen molar-refractivity contribution < 1.29 is 0 Å². The molecule has 4 heterocycles. The average Bonchev–Trinajstić information content (AvgIpc) is 3.70. The molecule has 3 nitrogen and oxygen atoms in total. The van der Waals surface area contributed by atoms with Crippen molar-refractivity contribution in [3.05, 3.63) is 168 Å². The third-order valence-corrected chi connectivity index (χ3v) is 19.4. The number of anilines is 7. The Morgan fingerprint density at radius 2 is 0.986 bits per heavy atom. The smallest absolute Gasteiger partial charge is 0.252 e. The molecule has 0 radical (unpaired) electrons. The molecule has 70 heavy (non-hydrogen) atoms. The summed E-state index contributed by atoms with van der Waals surface area (Å²) in [5, 5.41) is 0. The Morgan fingerprint density at radius 3 is 1.66 bits per heavy atom. The van der Waals surface area contributed by atoms with Gasteiger partial charge in [-0.05, 0) is 148 Å². The van der Waals surface area contributed by atoms with Crippen LogP contribution in [0.1, 0.15) is 143 Å². The maximum atomic E-state index is 2.95. The van der Waals surface area contributed by atoms with Crippen LogP contribution >= 0.6 is 0 Å². The van der Waals surface area contributed by atoms with E-state index >= 15 is 0 Å². The van der Waals surface area contributed by atoms with Crippen molar-refractivity contribution >= 4 is 62.9 Å². The fourth-order valence-corrected chi connectivity index (χ4v) is 15.1. The minimum atomic E-state index is -0.122. The summed E-state index contributed by atoms with van der Waals surface area (Å²) in [5.74, 6) is 0. The van der Waals surface area contributed by atoms with E-state index in [9.17, 15) is 0 Å². The van der Waals surface area contributed by atoms with Crippen molar-refractivity contribution in [3.63, 3.8) is 0 Å². The molecule has 7 aromatic carbocycles. The largest absolute Gasteiger partial charge is 0.335 e. The zero-order chi connectivity index (χ0) is 48.3. The summed E-state index contributed by atoms with van der Waals surface area (Å²) in [6.07, 6.45) is 9.72. The Morgan fingerprint density at radius 1 is 0.429 bits per heavy atom. The molecular formula is C66H70BN3. The van der Waals surface area contributed by atoms with Crippen LogP contribution in [0.3, 0.4) is 0 Å². The molecule has 4 heteroatoms. The number of hydrogen-bond donors (Lipinski definition) is 0. The lowest BCUT2D eigenvalue weighted by Crippen LogP contribution is -2.64. The standard InChI is InChI=1S/C66H70BN3/c1-61(2,3)46-29-31-54(49(39-46)44-25-15-12-16-26-44)68-56-32-30-47(62(4,5)6)40-52(56)67-53-38-45(43-23-13-11-14-24-43)37-51-60(53)70(66(10)36-22-20-34-64(51,66)8)58-42-48(41-57(68)59(58)67)69-55-28-18-17-27-50(55)63(7)33-19-21-35-65(63,69)9/h11-18,23-32,37-42H,19-22,33-36H2,1-10H3. The molecule has 352 valence electrons. The van der Waals surface area contributed by atoms with Gasteiger partial charge in [-0.1, -0.05) is 184 Å². The summed E-state index contributed by atoms with van der Waals surface area (Å²) in [6, 6.07) is 57.5. The van der Waals surface area contributed by atoms with Crippen LogP contribution in [0.2, 0.25) is 0 Å². The van der Waals surface area contributed by atoms with Crippen molar-refractivity contribution in [2.75, 3.05) is 14.7 Å². The molecular weight excluding hydrogens is 846 g/mol. The number of rotatable bonds is 4. The molecule has 0 saturated heterocycles. The Kier molecular flexibility index (Phi) is 9.29. The first-order valence-electron chi connectivity index (χ1n) is 26.7. The molecule has 0 spiro atoms. The first-order valence-corrected chi connectivity index (χ1v) is 26.7. The van der Waals surface area contributed by atoms with Gasteiger partial charge in [0, 0.05) is 50.5 Å². The number of fused-ring (bicyclic) bond motifs is 10. The summed E-state index contributed by atoms with van der Waals surface area (Å²) in [5.41, 5.74) is 24.4. The summed E-state index contributed by atoms with van der Waals surface area (Å²) >= 11 is 0. The summed E-state index contributed by atoms with van der Waals surface area (Å²) in [6.45, 7) is 24.7. The lowest BCUT2D eigenvalue weighted by atomic mass is 9.33. The van der Waals surface area contributed by atoms with Crippen LogP contribution in [-0.4, -0.2) is 17.8 Å². The second-order valence-electron chi connectivity index (χ2n) is 25.2. The van der Waals surface area contributed by atoms with Gasteiger partial charge in [0.1, 0.15) is 0 Å². The molecule has 0 amide bonds. The minimum Gasteiger partial charge on any atom is -0.335 e. The Bertz CT molecular complexity index is 3290. The van der Waals surface area contributed by atoms with E-state index in [0.29, 0.717) is 0 Å². The number of benzene rings is 7. The van der Waals surface area contributed by atoms with Crippen molar-refractivity contribution in [2.45, 2.75) is 153 Å². The summed E-state index contributed by atoms with van der Waals surface area (Å²) in [4.78, 5) is 8.52. The zero-order valence-electron chi connectivity index (χ0n) is 43.4. The van der Waals surface area contributed by atoms with Gasteiger partial charge in [0.05, 0.1) is 16.8 Å². The van der Waals surface area contributed by atoms with E-state index in [0.717, 1.165) is 12.8 Å². The molecule has 2 aliphatic carbocycles. The average molecular weight is 916 g/mol. The highest BCUT2D eigenvalue weighted by Crippen LogP contribution is 2.65. The molecule has 0 aromatic heterocycles. The van der Waals surface area contributed by atoms with E-state index < -0.39 is 0 Å². The predicted molar refractivity (Wildman–Crippen MR) is 300 cm³/mol. The number of nitrogens with zero attached hydrogens (tertiary/aromatic N) is 3. The van der Waals surface area contributed by atoms with Gasteiger partial charge in [-0.2, -0.15) is 0 Å². The van der Waals surface area contributed by atoms with Crippen LogP contribution in [0.4, 0.5) is 39.8 Å². The molecule has 4 aliphatic heterocycles. The zero-order valence-corrected chi connectivity index (χ0v) is 43.4. The van der Waals surface area contributed by atoms with Crippen molar-refractivity contribution in [3.8, 4) is 22.3 Å². The van der Waals surface area contributed by atoms with Crippen molar-refractivity contribution in [1.29, 1.82) is 0 Å². The van der Waals surface area contributed by atoms with Crippen LogP contribution in [0, 0.1) is 0 Å². The van der Waals surface area contributed by atoms with Gasteiger partial charge in [-0.15, -0.1) is 0 Å². The maximum Gasteiger partial charge on any atom is 0.252 e. The SMILES string of the molecule is CC(C)(C)c1ccc2c(c1)B1c3cc(-c4ccccc4)cc4c3N(c3cc(N5c6ccccc6C6(C)CCCCC56C)cc(c31)N2c1ccc(C(C)(C)C)cc1-c1ccccc1)C1(C)CCCCC41C. The van der Waals surface area contributed by atoms with Gasteiger partial charge in [0.25, 0.3) is 6.71 Å². The highest BCUT2D eigenvalue weighted by atomic mass is 15.3. The van der Waals surface area contributed by atoms with E-state index in [1.54, 1.807) is 5.56 Å². The van der Waals surface area contributed by atoms with E-state index in [2.05, 4.69) is 230 Å². The van der Waals surface area contributed by atoms with E-state index in [1.165, 1.54) is 134 Å². The number of para-hydroxylation sites is 1. The van der Waals surface area contributed by atoms with Crippen LogP contribution in [0.15, 0.2) is 146 Å². The molecule has 4 atom stereocenters. The number of hydrogen-bond acceptors (Lipinski definition) is 3. The molecule has 13 rings (SSSR count). The second kappa shape index (κ2) is 14.8. The van der Waals surface area contributed by atoms with E-state index in [-0.39, 0.29) is 39.5 Å². The third-order valence-electron chi connectivity index (χ3n) is 19.4. The normalized spacial score (nSPS) is 24.9. The van der Waals surface area contributed by atoms with Gasteiger partial charge < -0.3 is 14.7 Å². The minimum absolute atomic E-state index is 0.0192. The van der Waals surface area contributed by atoms with Gasteiger partial charge in [-0.3, -0.25) is 0 Å². The Hall–Kier alpha value is -6.00. The van der Waals surface area contributed by atoms with E-state index in [1.807, 2.05) is 0 Å². The van der Waals surface area contributed by atoms with Gasteiger partial charge in [0.2, 0.25) is 0 Å². The van der Waals surface area contributed by atoms with Gasteiger partial charge in [-0.25, -0.2) is 0 Å². The molecule has 0 N–H and O–H groups in total.